The Bertz CT molecular complexity index is 902. The average Bonchev–Trinajstić information content (AvgIpc) is 2.65. The molecule has 0 bridgehead atoms. The molecule has 5 nitrogen and oxygen atoms in total. The maximum Gasteiger partial charge on any atom is 0.274 e. The monoisotopic (exact) mass is 569 g/mol. The van der Waals surface area contributed by atoms with E-state index < -0.39 is 0 Å². The second-order valence-corrected chi connectivity index (χ2v) is 7.60. The number of hydrogen-bond donors (Lipinski definition) is 2. The Morgan fingerprint density at radius 1 is 0.654 bits per heavy atom. The highest BCUT2D eigenvalue weighted by molar-refractivity contribution is 14.1. The maximum absolute atomic E-state index is 12.4. The highest BCUT2D eigenvalue weighted by Gasteiger charge is 2.14. The van der Waals surface area contributed by atoms with Gasteiger partial charge in [0.15, 0.2) is 0 Å². The molecule has 0 radical (unpaired) electrons. The summed E-state index contributed by atoms with van der Waals surface area (Å²) >= 11 is 4.29. The summed E-state index contributed by atoms with van der Waals surface area (Å²) in [5.41, 5.74) is 1.77. The normalized spacial score (nSPS) is 10.2. The topological polar surface area (TPSA) is 71.1 Å². The quantitative estimate of drug-likeness (QED) is 0.444. The fourth-order valence-corrected chi connectivity index (χ4v) is 3.23. The van der Waals surface area contributed by atoms with Gasteiger partial charge in [-0.15, -0.1) is 0 Å². The minimum absolute atomic E-state index is 0.181. The van der Waals surface area contributed by atoms with Gasteiger partial charge in [0.1, 0.15) is 11.4 Å². The van der Waals surface area contributed by atoms with Crippen LogP contribution in [0.4, 0.5) is 11.4 Å². The first-order chi connectivity index (χ1) is 12.5. The molecule has 26 heavy (non-hydrogen) atoms. The van der Waals surface area contributed by atoms with Crippen LogP contribution in [-0.4, -0.2) is 16.8 Å². The van der Waals surface area contributed by atoms with Crippen molar-refractivity contribution in [3.8, 4) is 0 Å². The van der Waals surface area contributed by atoms with E-state index in [1.54, 1.807) is 18.2 Å². The fourth-order valence-electron chi connectivity index (χ4n) is 2.19. The number of aromatic nitrogens is 1. The van der Waals surface area contributed by atoms with E-state index in [0.29, 0.717) is 11.4 Å². The molecule has 0 saturated heterocycles. The first-order valence-electron chi connectivity index (χ1n) is 7.63. The van der Waals surface area contributed by atoms with Gasteiger partial charge in [-0.05, 0) is 81.6 Å². The van der Waals surface area contributed by atoms with Crippen LogP contribution in [0.1, 0.15) is 21.0 Å². The van der Waals surface area contributed by atoms with Crippen molar-refractivity contribution in [2.45, 2.75) is 0 Å². The summed E-state index contributed by atoms with van der Waals surface area (Å²) in [6, 6.07) is 19.7. The number of halogens is 2. The molecule has 0 saturated carbocycles. The Balaban J connectivity index is 1.77. The highest BCUT2D eigenvalue weighted by atomic mass is 127. The number of benzene rings is 2. The summed E-state index contributed by atoms with van der Waals surface area (Å²) in [4.78, 5) is 29.1. The number of nitrogens with zero attached hydrogens (tertiary/aromatic N) is 1. The lowest BCUT2D eigenvalue weighted by atomic mass is 10.2. The van der Waals surface area contributed by atoms with Crippen LogP contribution in [0, 0.1) is 7.14 Å². The number of anilines is 2. The van der Waals surface area contributed by atoms with E-state index in [2.05, 4.69) is 60.8 Å². The Labute approximate surface area is 177 Å². The van der Waals surface area contributed by atoms with E-state index in [9.17, 15) is 9.59 Å². The van der Waals surface area contributed by atoms with E-state index in [4.69, 9.17) is 0 Å². The van der Waals surface area contributed by atoms with E-state index in [1.165, 1.54) is 0 Å². The van der Waals surface area contributed by atoms with Gasteiger partial charge in [-0.3, -0.25) is 9.59 Å². The van der Waals surface area contributed by atoms with Crippen molar-refractivity contribution in [3.05, 3.63) is 85.3 Å². The third-order valence-electron chi connectivity index (χ3n) is 3.46. The average molecular weight is 569 g/mol. The van der Waals surface area contributed by atoms with Crippen LogP contribution in [0.15, 0.2) is 66.7 Å². The molecule has 0 aliphatic carbocycles. The molecule has 0 aliphatic rings. The molecule has 7 heteroatoms. The number of rotatable bonds is 4. The molecule has 0 atom stereocenters. The van der Waals surface area contributed by atoms with E-state index in [1.807, 2.05) is 48.5 Å². The Hall–Kier alpha value is -2.01. The van der Waals surface area contributed by atoms with Crippen molar-refractivity contribution in [2.24, 2.45) is 0 Å². The molecule has 2 amide bonds. The summed E-state index contributed by atoms with van der Waals surface area (Å²) in [7, 11) is 0. The lowest BCUT2D eigenvalue weighted by molar-refractivity contribution is 0.101. The maximum atomic E-state index is 12.4. The molecule has 3 rings (SSSR count). The summed E-state index contributed by atoms with van der Waals surface area (Å²) < 4.78 is 1.84. The molecule has 0 spiro atoms. The predicted molar refractivity (Wildman–Crippen MR) is 118 cm³/mol. The van der Waals surface area contributed by atoms with Gasteiger partial charge < -0.3 is 10.6 Å². The number of hydrogen-bond acceptors (Lipinski definition) is 3. The zero-order valence-corrected chi connectivity index (χ0v) is 17.7. The lowest BCUT2D eigenvalue weighted by Crippen LogP contribution is -2.19. The van der Waals surface area contributed by atoms with Gasteiger partial charge >= 0.3 is 0 Å². The van der Waals surface area contributed by atoms with Crippen LogP contribution in [0.3, 0.4) is 0 Å². The largest absolute Gasteiger partial charge is 0.320 e. The third-order valence-corrected chi connectivity index (χ3v) is 5.34. The number of pyridine rings is 1. The van der Waals surface area contributed by atoms with Crippen LogP contribution in [-0.2, 0) is 0 Å². The van der Waals surface area contributed by atoms with E-state index in [-0.39, 0.29) is 23.2 Å². The third kappa shape index (κ3) is 4.58. The summed E-state index contributed by atoms with van der Waals surface area (Å²) in [5.74, 6) is -0.726. The molecular formula is C19H13I2N3O2. The van der Waals surface area contributed by atoms with Crippen molar-refractivity contribution in [2.75, 3.05) is 10.6 Å². The minimum Gasteiger partial charge on any atom is -0.320 e. The molecular weight excluding hydrogens is 556 g/mol. The first kappa shape index (κ1) is 18.8. The van der Waals surface area contributed by atoms with Crippen molar-refractivity contribution in [3.63, 3.8) is 0 Å². The van der Waals surface area contributed by atoms with E-state index in [0.717, 1.165) is 7.14 Å². The summed E-state index contributed by atoms with van der Waals surface area (Å²) in [6.45, 7) is 0. The number of nitrogens with one attached hydrogen (secondary N) is 2. The molecule has 1 aromatic heterocycles. The highest BCUT2D eigenvalue weighted by Crippen LogP contribution is 2.19. The van der Waals surface area contributed by atoms with Crippen molar-refractivity contribution in [1.29, 1.82) is 0 Å². The van der Waals surface area contributed by atoms with Crippen molar-refractivity contribution in [1.82, 2.24) is 4.98 Å². The predicted octanol–water partition coefficient (Wildman–Crippen LogP) is 4.80. The molecule has 130 valence electrons. The second-order valence-electron chi connectivity index (χ2n) is 5.28. The Morgan fingerprint density at radius 2 is 1.08 bits per heavy atom. The Morgan fingerprint density at radius 3 is 1.50 bits per heavy atom. The van der Waals surface area contributed by atoms with E-state index >= 15 is 0 Å². The number of carbonyl (C=O) groups is 2. The van der Waals surface area contributed by atoms with Crippen LogP contribution in [0.2, 0.25) is 0 Å². The molecule has 1 heterocycles. The Kier molecular flexibility index (Phi) is 6.20. The van der Waals surface area contributed by atoms with Crippen molar-refractivity contribution >= 4 is 68.4 Å². The molecule has 2 aromatic carbocycles. The first-order valence-corrected chi connectivity index (χ1v) is 9.79. The second kappa shape index (κ2) is 8.58. The molecule has 0 fully saturated rings. The standard InChI is InChI=1S/C19H13I2N3O2/c20-12-6-1-3-8-14(12)23-18(25)16-10-5-11-17(22-16)19(26)24-15-9-4-2-7-13(15)21/h1-11H,(H,23,25)(H,24,26). The zero-order valence-electron chi connectivity index (χ0n) is 13.4. The van der Waals surface area contributed by atoms with Gasteiger partial charge in [-0.1, -0.05) is 30.3 Å². The minimum atomic E-state index is -0.363. The molecule has 2 N–H and O–H groups in total. The van der Waals surface area contributed by atoms with Gasteiger partial charge in [0, 0.05) is 7.14 Å². The van der Waals surface area contributed by atoms with Crippen LogP contribution < -0.4 is 10.6 Å². The molecule has 0 unspecified atom stereocenters. The van der Waals surface area contributed by atoms with Gasteiger partial charge in [-0.25, -0.2) is 4.98 Å². The van der Waals surface area contributed by atoms with Crippen LogP contribution >= 0.6 is 45.2 Å². The van der Waals surface area contributed by atoms with Gasteiger partial charge in [0.05, 0.1) is 11.4 Å². The number of para-hydroxylation sites is 2. The molecule has 0 aliphatic heterocycles. The summed E-state index contributed by atoms with van der Waals surface area (Å²) in [6.07, 6.45) is 0. The van der Waals surface area contributed by atoms with Gasteiger partial charge in [-0.2, -0.15) is 0 Å². The van der Waals surface area contributed by atoms with Crippen LogP contribution in [0.5, 0.6) is 0 Å². The molecule has 3 aromatic rings. The summed E-state index contributed by atoms with van der Waals surface area (Å²) in [5, 5.41) is 5.62. The van der Waals surface area contributed by atoms with Crippen LogP contribution in [0.25, 0.3) is 0 Å². The lowest BCUT2D eigenvalue weighted by Gasteiger charge is -2.09. The fraction of sp³-hybridized carbons (Fsp3) is 0. The number of carbonyl (C=O) groups excluding carboxylic acids is 2. The van der Waals surface area contributed by atoms with Gasteiger partial charge in [0.25, 0.3) is 11.8 Å². The number of amides is 2. The smallest absolute Gasteiger partial charge is 0.274 e. The van der Waals surface area contributed by atoms with Crippen molar-refractivity contribution < 1.29 is 9.59 Å². The van der Waals surface area contributed by atoms with Gasteiger partial charge in [0.2, 0.25) is 0 Å². The SMILES string of the molecule is O=C(Nc1ccccc1I)c1cccc(C(=O)Nc2ccccc2I)n1. The zero-order chi connectivity index (χ0) is 18.5.